The van der Waals surface area contributed by atoms with E-state index in [4.69, 9.17) is 0 Å². The molecule has 0 aliphatic carbocycles. The lowest BCUT2D eigenvalue weighted by Gasteiger charge is -2.37. The molecule has 1 saturated heterocycles. The molecule has 27 heavy (non-hydrogen) atoms. The van der Waals surface area contributed by atoms with Crippen LogP contribution in [-0.4, -0.2) is 47.9 Å². The Morgan fingerprint density at radius 2 is 1.63 bits per heavy atom. The number of piperazine rings is 1. The van der Waals surface area contributed by atoms with Crippen LogP contribution in [0.3, 0.4) is 0 Å². The Hall–Kier alpha value is -2.24. The van der Waals surface area contributed by atoms with E-state index in [1.54, 1.807) is 12.1 Å². The fraction of sp³-hybridized carbons (Fsp3) is 0.409. The van der Waals surface area contributed by atoms with E-state index in [0.29, 0.717) is 0 Å². The lowest BCUT2D eigenvalue weighted by Crippen LogP contribution is -2.53. The molecule has 0 aromatic heterocycles. The first-order chi connectivity index (χ1) is 13.0. The van der Waals surface area contributed by atoms with Crippen molar-refractivity contribution in [1.29, 1.82) is 0 Å². The lowest BCUT2D eigenvalue weighted by molar-refractivity contribution is -0.127. The van der Waals surface area contributed by atoms with Gasteiger partial charge in [-0.25, -0.2) is 4.39 Å². The third-order valence-electron chi connectivity index (χ3n) is 5.31. The van der Waals surface area contributed by atoms with Gasteiger partial charge in [-0.15, -0.1) is 0 Å². The molecule has 144 valence electrons. The van der Waals surface area contributed by atoms with Crippen molar-refractivity contribution in [3.05, 3.63) is 71.5 Å². The zero-order chi connectivity index (χ0) is 19.2. The monoisotopic (exact) mass is 369 g/mol. The Balaban J connectivity index is 1.47. The number of amides is 1. The Morgan fingerprint density at radius 3 is 2.26 bits per heavy atom. The highest BCUT2D eigenvalue weighted by atomic mass is 19.1. The number of rotatable bonds is 6. The van der Waals surface area contributed by atoms with Gasteiger partial charge < -0.3 is 5.32 Å². The Morgan fingerprint density at radius 1 is 1.00 bits per heavy atom. The van der Waals surface area contributed by atoms with Gasteiger partial charge in [-0.2, -0.15) is 0 Å². The molecule has 2 aromatic carbocycles. The van der Waals surface area contributed by atoms with Gasteiger partial charge in [-0.1, -0.05) is 42.5 Å². The van der Waals surface area contributed by atoms with Crippen LogP contribution < -0.4 is 5.32 Å². The quantitative estimate of drug-likeness (QED) is 0.849. The zero-order valence-corrected chi connectivity index (χ0v) is 16.1. The molecular weight excluding hydrogens is 341 g/mol. The number of carbonyl (C=O) groups excluding carboxylic acids is 1. The van der Waals surface area contributed by atoms with Gasteiger partial charge in [0.15, 0.2) is 0 Å². The van der Waals surface area contributed by atoms with E-state index in [1.807, 2.05) is 19.9 Å². The highest BCUT2D eigenvalue weighted by molar-refractivity contribution is 5.81. The van der Waals surface area contributed by atoms with E-state index in [0.717, 1.165) is 38.3 Å². The zero-order valence-electron chi connectivity index (χ0n) is 16.1. The number of benzene rings is 2. The third-order valence-corrected chi connectivity index (χ3v) is 5.31. The van der Waals surface area contributed by atoms with Crippen LogP contribution in [0.2, 0.25) is 0 Å². The van der Waals surface area contributed by atoms with Crippen molar-refractivity contribution >= 4 is 5.91 Å². The van der Waals surface area contributed by atoms with Crippen LogP contribution in [0.15, 0.2) is 54.6 Å². The van der Waals surface area contributed by atoms with Crippen LogP contribution in [0.1, 0.15) is 31.0 Å². The summed E-state index contributed by atoms with van der Waals surface area (Å²) in [7, 11) is 0. The van der Waals surface area contributed by atoms with Gasteiger partial charge >= 0.3 is 0 Å². The normalized spacial score (nSPS) is 18.0. The van der Waals surface area contributed by atoms with Gasteiger partial charge in [-0.3, -0.25) is 14.6 Å². The number of hydrogen-bond acceptors (Lipinski definition) is 3. The van der Waals surface area contributed by atoms with E-state index >= 15 is 0 Å². The minimum atomic E-state index is -0.265. The van der Waals surface area contributed by atoms with Crippen LogP contribution in [0.5, 0.6) is 0 Å². The number of halogens is 1. The molecule has 0 bridgehead atoms. The number of hydrogen-bond donors (Lipinski definition) is 1. The van der Waals surface area contributed by atoms with E-state index in [1.165, 1.54) is 17.7 Å². The SMILES string of the molecule is C[C@H](NC(=O)[C@@H](C)N1CCN(Cc2ccccc2)CC1)c1ccc(F)cc1. The molecule has 1 N–H and O–H groups in total. The molecule has 2 aromatic rings. The summed E-state index contributed by atoms with van der Waals surface area (Å²) in [6.07, 6.45) is 0. The van der Waals surface area contributed by atoms with Crippen LogP contribution in [-0.2, 0) is 11.3 Å². The van der Waals surface area contributed by atoms with Crippen molar-refractivity contribution in [2.24, 2.45) is 0 Å². The summed E-state index contributed by atoms with van der Waals surface area (Å²) in [6.45, 7) is 8.52. The van der Waals surface area contributed by atoms with Crippen LogP contribution in [0, 0.1) is 5.82 Å². The van der Waals surface area contributed by atoms with E-state index in [9.17, 15) is 9.18 Å². The lowest BCUT2D eigenvalue weighted by atomic mass is 10.1. The maximum absolute atomic E-state index is 13.1. The van der Waals surface area contributed by atoms with Crippen molar-refractivity contribution in [3.63, 3.8) is 0 Å². The number of nitrogens with one attached hydrogen (secondary N) is 1. The molecule has 1 heterocycles. The summed E-state index contributed by atoms with van der Waals surface area (Å²) >= 11 is 0. The predicted octanol–water partition coefficient (Wildman–Crippen LogP) is 3.21. The average molecular weight is 369 g/mol. The van der Waals surface area contributed by atoms with Crippen LogP contribution in [0.4, 0.5) is 4.39 Å². The molecule has 1 aliphatic rings. The van der Waals surface area contributed by atoms with Crippen molar-refractivity contribution in [3.8, 4) is 0 Å². The summed E-state index contributed by atoms with van der Waals surface area (Å²) in [5.74, 6) is -0.248. The molecule has 0 unspecified atom stereocenters. The van der Waals surface area contributed by atoms with Gasteiger partial charge in [0.2, 0.25) is 5.91 Å². The van der Waals surface area contributed by atoms with Gasteiger partial charge in [0.25, 0.3) is 0 Å². The fourth-order valence-corrected chi connectivity index (χ4v) is 3.48. The minimum absolute atomic E-state index is 0.0170. The van der Waals surface area contributed by atoms with Gasteiger partial charge in [0.1, 0.15) is 5.82 Å². The van der Waals surface area contributed by atoms with Crippen LogP contribution in [0.25, 0.3) is 0 Å². The molecule has 1 aliphatic heterocycles. The third kappa shape index (κ3) is 5.37. The molecule has 3 rings (SSSR count). The van der Waals surface area contributed by atoms with Crippen molar-refractivity contribution < 1.29 is 9.18 Å². The Kier molecular flexibility index (Phi) is 6.58. The average Bonchev–Trinajstić information content (AvgIpc) is 2.69. The largest absolute Gasteiger partial charge is 0.348 e. The second-order valence-electron chi connectivity index (χ2n) is 7.26. The summed E-state index contributed by atoms with van der Waals surface area (Å²) in [6, 6.07) is 16.4. The summed E-state index contributed by atoms with van der Waals surface area (Å²) in [4.78, 5) is 17.3. The summed E-state index contributed by atoms with van der Waals surface area (Å²) < 4.78 is 13.1. The number of carbonyl (C=O) groups is 1. The van der Waals surface area contributed by atoms with Gasteiger partial charge in [0, 0.05) is 32.7 Å². The molecule has 2 atom stereocenters. The van der Waals surface area contributed by atoms with Crippen molar-refractivity contribution in [1.82, 2.24) is 15.1 Å². The first kappa shape index (κ1) is 19.5. The first-order valence-electron chi connectivity index (χ1n) is 9.59. The molecule has 0 saturated carbocycles. The Labute approximate surface area is 161 Å². The van der Waals surface area contributed by atoms with Gasteiger partial charge in [0.05, 0.1) is 12.1 Å². The molecule has 0 spiro atoms. The Bertz CT molecular complexity index is 727. The van der Waals surface area contributed by atoms with E-state index < -0.39 is 0 Å². The van der Waals surface area contributed by atoms with E-state index in [2.05, 4.69) is 39.4 Å². The van der Waals surface area contributed by atoms with Crippen molar-refractivity contribution in [2.75, 3.05) is 26.2 Å². The smallest absolute Gasteiger partial charge is 0.237 e. The molecular formula is C22H28FN3O. The second kappa shape index (κ2) is 9.11. The summed E-state index contributed by atoms with van der Waals surface area (Å²) in [5, 5.41) is 3.05. The highest BCUT2D eigenvalue weighted by Gasteiger charge is 2.26. The maximum Gasteiger partial charge on any atom is 0.237 e. The fourth-order valence-electron chi connectivity index (χ4n) is 3.48. The molecule has 1 fully saturated rings. The predicted molar refractivity (Wildman–Crippen MR) is 106 cm³/mol. The second-order valence-corrected chi connectivity index (χ2v) is 7.26. The first-order valence-corrected chi connectivity index (χ1v) is 9.59. The molecule has 1 amide bonds. The topological polar surface area (TPSA) is 35.6 Å². The van der Waals surface area contributed by atoms with Crippen molar-refractivity contribution in [2.45, 2.75) is 32.5 Å². The highest BCUT2D eigenvalue weighted by Crippen LogP contribution is 2.15. The van der Waals surface area contributed by atoms with Crippen LogP contribution >= 0.6 is 0 Å². The van der Waals surface area contributed by atoms with Gasteiger partial charge in [-0.05, 0) is 37.1 Å². The van der Waals surface area contributed by atoms with E-state index in [-0.39, 0.29) is 23.8 Å². The summed E-state index contributed by atoms with van der Waals surface area (Å²) in [5.41, 5.74) is 2.23. The standard InChI is InChI=1S/C22H28FN3O/c1-17(20-8-10-21(23)11-9-20)24-22(27)18(2)26-14-12-25(13-15-26)16-19-6-4-3-5-7-19/h3-11,17-18H,12-16H2,1-2H3,(H,24,27)/t17-,18+/m0/s1. The molecule has 0 radical (unpaired) electrons. The molecule has 5 heteroatoms. The number of nitrogens with zero attached hydrogens (tertiary/aromatic N) is 2. The maximum atomic E-state index is 13.1. The molecule has 4 nitrogen and oxygen atoms in total. The minimum Gasteiger partial charge on any atom is -0.348 e.